The molecule has 0 aliphatic carbocycles. The van der Waals surface area contributed by atoms with Crippen molar-refractivity contribution >= 4 is 29.5 Å². The number of ether oxygens (including phenoxy) is 1. The van der Waals surface area contributed by atoms with Gasteiger partial charge in [0.25, 0.3) is 0 Å². The Labute approximate surface area is 142 Å². The van der Waals surface area contributed by atoms with Crippen molar-refractivity contribution in [2.24, 2.45) is 0 Å². The molecule has 5 heteroatoms. The van der Waals surface area contributed by atoms with Gasteiger partial charge in [-0.05, 0) is 36.6 Å². The zero-order valence-electron chi connectivity index (χ0n) is 14.3. The van der Waals surface area contributed by atoms with Crippen LogP contribution >= 0.6 is 11.3 Å². The highest BCUT2D eigenvalue weighted by Gasteiger charge is 2.12. The van der Waals surface area contributed by atoms with E-state index in [1.165, 1.54) is 26.6 Å². The number of aryl methyl sites for hydroxylation is 1. The number of nitrogens with zero attached hydrogens (tertiary/aromatic N) is 2. The highest BCUT2D eigenvalue weighted by molar-refractivity contribution is 7.22. The van der Waals surface area contributed by atoms with Crippen LogP contribution in [0.5, 0.6) is 0 Å². The number of thiophene rings is 1. The zero-order valence-corrected chi connectivity index (χ0v) is 16.1. The summed E-state index contributed by atoms with van der Waals surface area (Å²) in [6, 6.07) is 12.1. The van der Waals surface area contributed by atoms with Gasteiger partial charge in [-0.1, -0.05) is 37.3 Å². The predicted molar refractivity (Wildman–Crippen MR) is 102 cm³/mol. The van der Waals surface area contributed by atoms with Crippen LogP contribution in [0.1, 0.15) is 5.56 Å². The maximum Gasteiger partial charge on any atom is 0.139 e. The summed E-state index contributed by atoms with van der Waals surface area (Å²) < 4.78 is 8.95. The molecular formula is C18H24N2OSSi. The molecule has 0 aliphatic rings. The van der Waals surface area contributed by atoms with Gasteiger partial charge in [0.1, 0.15) is 12.4 Å². The van der Waals surface area contributed by atoms with Crippen LogP contribution in [0.2, 0.25) is 25.7 Å². The second-order valence-corrected chi connectivity index (χ2v) is 13.9. The quantitative estimate of drug-likeness (QED) is 0.443. The van der Waals surface area contributed by atoms with Crippen LogP contribution < -0.4 is 0 Å². The normalized spacial score (nSPS) is 12.2. The number of aromatic nitrogens is 2. The van der Waals surface area contributed by atoms with Crippen LogP contribution in [-0.4, -0.2) is 24.5 Å². The summed E-state index contributed by atoms with van der Waals surface area (Å²) in [6.07, 6.45) is 2.00. The average Bonchev–Trinajstić information content (AvgIpc) is 3.08. The minimum absolute atomic E-state index is 0.536. The standard InChI is InChI=1S/C18H24N2OSSi/c1-14-5-6-17-15(11-14)12-18(22-17)16-7-8-20(19-16)13-21-9-10-23(2,3)4/h5-8,11-12H,9-10,13H2,1-4H3. The molecule has 3 nitrogen and oxygen atoms in total. The molecule has 2 heterocycles. The second-order valence-electron chi connectivity index (χ2n) is 7.24. The van der Waals surface area contributed by atoms with E-state index in [2.05, 4.69) is 62.0 Å². The largest absolute Gasteiger partial charge is 0.360 e. The monoisotopic (exact) mass is 344 g/mol. The molecule has 23 heavy (non-hydrogen) atoms. The van der Waals surface area contributed by atoms with Crippen LogP contribution in [0.25, 0.3) is 20.7 Å². The summed E-state index contributed by atoms with van der Waals surface area (Å²) in [6.45, 7) is 10.6. The lowest BCUT2D eigenvalue weighted by Crippen LogP contribution is -2.22. The van der Waals surface area contributed by atoms with Gasteiger partial charge >= 0.3 is 0 Å². The third kappa shape index (κ3) is 4.31. The average molecular weight is 345 g/mol. The van der Waals surface area contributed by atoms with E-state index >= 15 is 0 Å². The van der Waals surface area contributed by atoms with Crippen molar-refractivity contribution in [1.82, 2.24) is 9.78 Å². The van der Waals surface area contributed by atoms with Crippen LogP contribution in [0, 0.1) is 6.92 Å². The summed E-state index contributed by atoms with van der Waals surface area (Å²) in [7, 11) is -1.02. The molecule has 3 rings (SSSR count). The van der Waals surface area contributed by atoms with Crippen molar-refractivity contribution < 1.29 is 4.74 Å². The van der Waals surface area contributed by atoms with E-state index in [1.54, 1.807) is 11.3 Å². The van der Waals surface area contributed by atoms with Gasteiger partial charge in [-0.3, -0.25) is 0 Å². The summed E-state index contributed by atoms with van der Waals surface area (Å²) >= 11 is 1.79. The molecule has 0 radical (unpaired) electrons. The Morgan fingerprint density at radius 3 is 2.78 bits per heavy atom. The van der Waals surface area contributed by atoms with Crippen molar-refractivity contribution in [2.75, 3.05) is 6.61 Å². The molecule has 0 spiro atoms. The second kappa shape index (κ2) is 6.59. The first kappa shape index (κ1) is 16.4. The minimum Gasteiger partial charge on any atom is -0.360 e. The number of rotatable bonds is 6. The summed E-state index contributed by atoms with van der Waals surface area (Å²) in [4.78, 5) is 1.21. The Bertz CT molecular complexity index is 801. The van der Waals surface area contributed by atoms with Gasteiger partial charge in [0.2, 0.25) is 0 Å². The van der Waals surface area contributed by atoms with E-state index in [0.717, 1.165) is 12.3 Å². The van der Waals surface area contributed by atoms with Crippen LogP contribution in [-0.2, 0) is 11.5 Å². The van der Waals surface area contributed by atoms with Crippen LogP contribution in [0.15, 0.2) is 36.5 Å². The molecule has 0 saturated heterocycles. The molecule has 122 valence electrons. The van der Waals surface area contributed by atoms with E-state index in [9.17, 15) is 0 Å². The SMILES string of the molecule is Cc1ccc2sc(-c3ccn(COCC[Si](C)(C)C)n3)cc2c1. The maximum absolute atomic E-state index is 5.76. The third-order valence-corrected chi connectivity index (χ3v) is 6.63. The summed E-state index contributed by atoms with van der Waals surface area (Å²) in [5.41, 5.74) is 2.32. The number of benzene rings is 1. The molecule has 0 amide bonds. The summed E-state index contributed by atoms with van der Waals surface area (Å²) in [5.74, 6) is 0. The van der Waals surface area contributed by atoms with Crippen molar-refractivity contribution in [3.8, 4) is 10.6 Å². The highest BCUT2D eigenvalue weighted by Crippen LogP contribution is 2.32. The van der Waals surface area contributed by atoms with Gasteiger partial charge in [0, 0.05) is 25.6 Å². The van der Waals surface area contributed by atoms with E-state index in [-0.39, 0.29) is 0 Å². The molecule has 0 N–H and O–H groups in total. The lowest BCUT2D eigenvalue weighted by atomic mass is 10.2. The highest BCUT2D eigenvalue weighted by atomic mass is 32.1. The fourth-order valence-corrected chi connectivity index (χ4v) is 4.16. The van der Waals surface area contributed by atoms with Crippen LogP contribution in [0.3, 0.4) is 0 Å². The van der Waals surface area contributed by atoms with E-state index in [4.69, 9.17) is 4.74 Å². The van der Waals surface area contributed by atoms with Gasteiger partial charge in [-0.15, -0.1) is 11.3 Å². The van der Waals surface area contributed by atoms with Crippen LogP contribution in [0.4, 0.5) is 0 Å². The molecular weight excluding hydrogens is 320 g/mol. The number of hydrogen-bond donors (Lipinski definition) is 0. The van der Waals surface area contributed by atoms with Gasteiger partial charge in [-0.2, -0.15) is 5.10 Å². The molecule has 0 saturated carbocycles. The third-order valence-electron chi connectivity index (χ3n) is 3.78. The van der Waals surface area contributed by atoms with Gasteiger partial charge in [0.05, 0.1) is 4.88 Å². The Kier molecular flexibility index (Phi) is 4.71. The molecule has 0 bridgehead atoms. The maximum atomic E-state index is 5.76. The lowest BCUT2D eigenvalue weighted by Gasteiger charge is -2.15. The molecule has 3 aromatic rings. The molecule has 0 unspecified atom stereocenters. The van der Waals surface area contributed by atoms with Crippen molar-refractivity contribution in [2.45, 2.75) is 39.3 Å². The predicted octanol–water partition coefficient (Wildman–Crippen LogP) is 5.39. The fraction of sp³-hybridized carbons (Fsp3) is 0.389. The molecule has 0 fully saturated rings. The van der Waals surface area contributed by atoms with Gasteiger partial charge in [0.15, 0.2) is 0 Å². The smallest absolute Gasteiger partial charge is 0.139 e. The Morgan fingerprint density at radius 2 is 2.00 bits per heavy atom. The number of fused-ring (bicyclic) bond motifs is 1. The first-order valence-corrected chi connectivity index (χ1v) is 12.5. The molecule has 1 aromatic carbocycles. The van der Waals surface area contributed by atoms with Crippen molar-refractivity contribution in [1.29, 1.82) is 0 Å². The van der Waals surface area contributed by atoms with E-state index in [0.29, 0.717) is 6.73 Å². The Morgan fingerprint density at radius 1 is 1.17 bits per heavy atom. The molecule has 2 aromatic heterocycles. The molecule has 0 atom stereocenters. The minimum atomic E-state index is -1.02. The lowest BCUT2D eigenvalue weighted by molar-refractivity contribution is 0.0787. The zero-order chi connectivity index (χ0) is 16.4. The summed E-state index contributed by atoms with van der Waals surface area (Å²) in [5, 5.41) is 5.94. The first-order valence-electron chi connectivity index (χ1n) is 8.02. The van der Waals surface area contributed by atoms with E-state index in [1.807, 2.05) is 10.9 Å². The topological polar surface area (TPSA) is 27.1 Å². The Balaban J connectivity index is 1.66. The van der Waals surface area contributed by atoms with E-state index < -0.39 is 8.07 Å². The van der Waals surface area contributed by atoms with Crippen molar-refractivity contribution in [3.63, 3.8) is 0 Å². The Hall–Kier alpha value is -1.43. The van der Waals surface area contributed by atoms with Gasteiger partial charge in [-0.25, -0.2) is 4.68 Å². The fourth-order valence-electron chi connectivity index (χ4n) is 2.39. The number of hydrogen-bond acceptors (Lipinski definition) is 3. The van der Waals surface area contributed by atoms with Crippen molar-refractivity contribution in [3.05, 3.63) is 42.1 Å². The first-order chi connectivity index (χ1) is 10.9. The molecule has 0 aliphatic heterocycles. The van der Waals surface area contributed by atoms with Gasteiger partial charge < -0.3 is 4.74 Å².